The fraction of sp³-hybridized carbons (Fsp3) is 0.136. The molecule has 0 saturated carbocycles. The van der Waals surface area contributed by atoms with Gasteiger partial charge in [-0.05, 0) is 48.5 Å². The lowest BCUT2D eigenvalue weighted by Crippen LogP contribution is -2.09. The van der Waals surface area contributed by atoms with Crippen molar-refractivity contribution in [3.05, 3.63) is 76.8 Å². The average molecular weight is 463 g/mol. The molecule has 164 valence electrons. The number of anilines is 2. The number of alkyl halides is 3. The maximum atomic E-state index is 13.9. The molecular weight excluding hydrogens is 448 g/mol. The Labute approximate surface area is 185 Å². The van der Waals surface area contributed by atoms with Crippen LogP contribution >= 0.6 is 11.6 Å². The third-order valence-electron chi connectivity index (χ3n) is 4.57. The van der Waals surface area contributed by atoms with Gasteiger partial charge in [0.25, 0.3) is 0 Å². The molecule has 0 bridgehead atoms. The molecule has 0 saturated heterocycles. The Hall–Kier alpha value is -3.30. The normalized spacial score (nSPS) is 11.7. The Morgan fingerprint density at radius 1 is 1.06 bits per heavy atom. The summed E-state index contributed by atoms with van der Waals surface area (Å²) in [5, 5.41) is 3.58. The van der Waals surface area contributed by atoms with E-state index in [4.69, 9.17) is 16.3 Å². The molecule has 0 amide bonds. The molecule has 0 radical (unpaired) electrons. The summed E-state index contributed by atoms with van der Waals surface area (Å²) in [7, 11) is 1.49. The van der Waals surface area contributed by atoms with E-state index in [-0.39, 0.29) is 28.7 Å². The fourth-order valence-corrected chi connectivity index (χ4v) is 3.30. The molecule has 0 unspecified atom stereocenters. The van der Waals surface area contributed by atoms with Gasteiger partial charge in [-0.25, -0.2) is 14.4 Å². The molecule has 0 aliphatic heterocycles. The summed E-state index contributed by atoms with van der Waals surface area (Å²) in [5.41, 5.74) is 0.461. The highest BCUT2D eigenvalue weighted by Gasteiger charge is 2.34. The number of methoxy groups -OCH3 is 1. The van der Waals surface area contributed by atoms with Gasteiger partial charge in [0.05, 0.1) is 34.3 Å². The molecule has 32 heavy (non-hydrogen) atoms. The van der Waals surface area contributed by atoms with Crippen molar-refractivity contribution in [2.75, 3.05) is 12.4 Å². The lowest BCUT2D eigenvalue weighted by Gasteiger charge is -2.14. The zero-order valence-corrected chi connectivity index (χ0v) is 17.3. The van der Waals surface area contributed by atoms with Crippen LogP contribution in [0.15, 0.2) is 54.7 Å². The van der Waals surface area contributed by atoms with Crippen LogP contribution in [-0.4, -0.2) is 22.1 Å². The van der Waals surface area contributed by atoms with Gasteiger partial charge in [-0.15, -0.1) is 0 Å². The number of hydrogen-bond donors (Lipinski definition) is 1. The smallest absolute Gasteiger partial charge is 0.378 e. The van der Waals surface area contributed by atoms with E-state index < -0.39 is 17.6 Å². The quantitative estimate of drug-likeness (QED) is 0.348. The van der Waals surface area contributed by atoms with Crippen molar-refractivity contribution in [2.24, 2.45) is 0 Å². The molecule has 3 heterocycles. The summed E-state index contributed by atoms with van der Waals surface area (Å²) in [6, 6.07) is 11.1. The number of fused-ring (bicyclic) bond motifs is 1. The molecule has 0 aliphatic carbocycles. The van der Waals surface area contributed by atoms with Crippen molar-refractivity contribution < 1.29 is 22.3 Å². The summed E-state index contributed by atoms with van der Waals surface area (Å²) in [4.78, 5) is 12.6. The number of rotatable bonds is 5. The summed E-state index contributed by atoms with van der Waals surface area (Å²) in [6.07, 6.45) is -3.32. The SMILES string of the molecule is COCc1cc(Nc2ccc(Cl)c(F)c2)c2ccc(-c3ncccc3C(F)(F)F)nc2n1. The van der Waals surface area contributed by atoms with Crippen LogP contribution in [0.5, 0.6) is 0 Å². The Morgan fingerprint density at radius 3 is 2.59 bits per heavy atom. The van der Waals surface area contributed by atoms with Gasteiger partial charge < -0.3 is 10.1 Å². The van der Waals surface area contributed by atoms with E-state index in [9.17, 15) is 17.6 Å². The maximum Gasteiger partial charge on any atom is 0.418 e. The number of ether oxygens (including phenoxy) is 1. The predicted molar refractivity (Wildman–Crippen MR) is 113 cm³/mol. The molecule has 0 aliphatic rings. The first kappa shape index (κ1) is 21.9. The number of pyridine rings is 3. The largest absolute Gasteiger partial charge is 0.418 e. The molecule has 0 spiro atoms. The van der Waals surface area contributed by atoms with Gasteiger partial charge in [-0.1, -0.05) is 11.6 Å². The number of hydrogen-bond acceptors (Lipinski definition) is 5. The van der Waals surface area contributed by atoms with E-state index in [2.05, 4.69) is 20.3 Å². The number of aromatic nitrogens is 3. The maximum absolute atomic E-state index is 13.9. The highest BCUT2D eigenvalue weighted by Crippen LogP contribution is 2.36. The van der Waals surface area contributed by atoms with Gasteiger partial charge in [0.1, 0.15) is 11.5 Å². The highest BCUT2D eigenvalue weighted by molar-refractivity contribution is 6.30. The van der Waals surface area contributed by atoms with Crippen molar-refractivity contribution in [3.8, 4) is 11.4 Å². The van der Waals surface area contributed by atoms with Gasteiger partial charge in [-0.3, -0.25) is 4.98 Å². The van der Waals surface area contributed by atoms with Crippen LogP contribution in [0.25, 0.3) is 22.4 Å². The number of nitrogens with zero attached hydrogens (tertiary/aromatic N) is 3. The van der Waals surface area contributed by atoms with E-state index in [0.717, 1.165) is 6.07 Å². The van der Waals surface area contributed by atoms with E-state index in [0.29, 0.717) is 22.5 Å². The van der Waals surface area contributed by atoms with E-state index in [1.807, 2.05) is 0 Å². The van der Waals surface area contributed by atoms with Crippen molar-refractivity contribution in [1.29, 1.82) is 0 Å². The van der Waals surface area contributed by atoms with Gasteiger partial charge in [-0.2, -0.15) is 13.2 Å². The molecule has 0 fully saturated rings. The van der Waals surface area contributed by atoms with Crippen molar-refractivity contribution in [3.63, 3.8) is 0 Å². The first-order chi connectivity index (χ1) is 15.3. The zero-order valence-electron chi connectivity index (χ0n) is 16.5. The predicted octanol–water partition coefficient (Wildman–Crippen LogP) is 6.39. The second-order valence-electron chi connectivity index (χ2n) is 6.81. The van der Waals surface area contributed by atoms with E-state index in [1.54, 1.807) is 18.2 Å². The van der Waals surface area contributed by atoms with Crippen LogP contribution in [0.3, 0.4) is 0 Å². The van der Waals surface area contributed by atoms with Crippen LogP contribution in [0.4, 0.5) is 28.9 Å². The minimum absolute atomic E-state index is 0.0163. The van der Waals surface area contributed by atoms with Crippen LogP contribution in [0, 0.1) is 5.82 Å². The summed E-state index contributed by atoms with van der Waals surface area (Å²) >= 11 is 5.74. The van der Waals surface area contributed by atoms with E-state index >= 15 is 0 Å². The van der Waals surface area contributed by atoms with Crippen LogP contribution in [-0.2, 0) is 17.5 Å². The standard InChI is InChI=1S/C22H15ClF4N4O/c1-32-11-13-10-19(29-12-4-6-16(23)17(24)9-12)14-5-7-18(31-21(14)30-13)20-15(22(25,26)27)3-2-8-28-20/h2-10H,11H2,1H3,(H,29,30,31). The molecule has 3 aromatic heterocycles. The fourth-order valence-electron chi connectivity index (χ4n) is 3.18. The van der Waals surface area contributed by atoms with Gasteiger partial charge in [0.15, 0.2) is 5.65 Å². The summed E-state index contributed by atoms with van der Waals surface area (Å²) in [6.45, 7) is 0.142. The highest BCUT2D eigenvalue weighted by atomic mass is 35.5. The lowest BCUT2D eigenvalue weighted by molar-refractivity contribution is -0.137. The summed E-state index contributed by atoms with van der Waals surface area (Å²) < 4.78 is 59.3. The number of halogens is 5. The Bertz CT molecular complexity index is 1300. The minimum Gasteiger partial charge on any atom is -0.378 e. The molecule has 4 rings (SSSR count). The Balaban J connectivity index is 1.84. The monoisotopic (exact) mass is 462 g/mol. The van der Waals surface area contributed by atoms with Gasteiger partial charge >= 0.3 is 6.18 Å². The topological polar surface area (TPSA) is 59.9 Å². The Kier molecular flexibility index (Phi) is 5.94. The Morgan fingerprint density at radius 2 is 1.88 bits per heavy atom. The molecule has 1 aromatic carbocycles. The first-order valence-corrected chi connectivity index (χ1v) is 9.68. The third kappa shape index (κ3) is 4.49. The first-order valence-electron chi connectivity index (χ1n) is 9.30. The zero-order chi connectivity index (χ0) is 22.9. The number of benzene rings is 1. The molecule has 4 aromatic rings. The van der Waals surface area contributed by atoms with Crippen molar-refractivity contribution in [2.45, 2.75) is 12.8 Å². The molecule has 5 nitrogen and oxygen atoms in total. The average Bonchev–Trinajstić information content (AvgIpc) is 2.75. The van der Waals surface area contributed by atoms with Gasteiger partial charge in [0.2, 0.25) is 0 Å². The number of nitrogens with one attached hydrogen (secondary N) is 1. The summed E-state index contributed by atoms with van der Waals surface area (Å²) in [5.74, 6) is -0.595. The molecule has 1 N–H and O–H groups in total. The van der Waals surface area contributed by atoms with Gasteiger partial charge in [0, 0.05) is 24.4 Å². The van der Waals surface area contributed by atoms with Crippen LogP contribution in [0.1, 0.15) is 11.3 Å². The molecule has 0 atom stereocenters. The van der Waals surface area contributed by atoms with Crippen LogP contribution in [0.2, 0.25) is 5.02 Å². The van der Waals surface area contributed by atoms with Crippen LogP contribution < -0.4 is 5.32 Å². The lowest BCUT2D eigenvalue weighted by atomic mass is 10.1. The second kappa shape index (κ2) is 8.68. The third-order valence-corrected chi connectivity index (χ3v) is 4.88. The van der Waals surface area contributed by atoms with E-state index in [1.165, 1.54) is 37.6 Å². The van der Waals surface area contributed by atoms with Crippen molar-refractivity contribution in [1.82, 2.24) is 15.0 Å². The molecular formula is C22H15ClF4N4O. The van der Waals surface area contributed by atoms with Crippen molar-refractivity contribution >= 4 is 34.0 Å². The second-order valence-corrected chi connectivity index (χ2v) is 7.22. The minimum atomic E-state index is -4.59. The molecule has 10 heteroatoms.